The van der Waals surface area contributed by atoms with Gasteiger partial charge in [0, 0.05) is 17.7 Å². The van der Waals surface area contributed by atoms with Gasteiger partial charge in [-0.1, -0.05) is 0 Å². The fourth-order valence-electron chi connectivity index (χ4n) is 3.19. The Morgan fingerprint density at radius 3 is 2.10 bits per heavy atom. The van der Waals surface area contributed by atoms with Gasteiger partial charge in [0.2, 0.25) is 0 Å². The molecule has 202 valence electrons. The number of hydrogen-bond donors (Lipinski definition) is 2. The van der Waals surface area contributed by atoms with E-state index in [1.54, 1.807) is 12.1 Å². The lowest BCUT2D eigenvalue weighted by atomic mass is 10.2. The summed E-state index contributed by atoms with van der Waals surface area (Å²) in [6, 6.07) is 14.1. The van der Waals surface area contributed by atoms with Crippen LogP contribution in [0.4, 0.5) is 5.69 Å². The molecule has 13 heteroatoms. The first-order valence-corrected chi connectivity index (χ1v) is 11.2. The van der Waals surface area contributed by atoms with Crippen LogP contribution in [0.2, 0.25) is 0 Å². The van der Waals surface area contributed by atoms with Crippen LogP contribution in [0.1, 0.15) is 26.3 Å². The highest BCUT2D eigenvalue weighted by molar-refractivity contribution is 5.97. The molecular weight excluding hydrogens is 512 g/mol. The van der Waals surface area contributed by atoms with Crippen molar-refractivity contribution in [1.29, 1.82) is 0 Å². The van der Waals surface area contributed by atoms with Crippen molar-refractivity contribution in [2.75, 3.05) is 27.9 Å². The summed E-state index contributed by atoms with van der Waals surface area (Å²) in [6.45, 7) is -0.328. The lowest BCUT2D eigenvalue weighted by molar-refractivity contribution is -0.384. The molecule has 3 aromatic carbocycles. The van der Waals surface area contributed by atoms with Gasteiger partial charge < -0.3 is 24.3 Å². The second kappa shape index (κ2) is 13.2. The van der Waals surface area contributed by atoms with Gasteiger partial charge in [-0.2, -0.15) is 5.10 Å². The summed E-state index contributed by atoms with van der Waals surface area (Å²) < 4.78 is 20.9. The summed E-state index contributed by atoms with van der Waals surface area (Å²) in [5, 5.41) is 17.1. The first kappa shape index (κ1) is 28.1. The monoisotopic (exact) mass is 536 g/mol. The lowest BCUT2D eigenvalue weighted by Crippen LogP contribution is -2.34. The van der Waals surface area contributed by atoms with Gasteiger partial charge in [0.15, 0.2) is 23.0 Å². The highest BCUT2D eigenvalue weighted by atomic mass is 16.6. The number of hydrogen-bond acceptors (Lipinski definition) is 10. The SMILES string of the molecule is COc1ccc(C(=O)NCC(=O)NN=Cc2ccc(OC(=O)c3ccc([N+](=O)[O-])cc3)c(OC)c2)cc1OC. The van der Waals surface area contributed by atoms with Gasteiger partial charge in [0.05, 0.1) is 44.6 Å². The molecule has 0 aliphatic carbocycles. The zero-order valence-electron chi connectivity index (χ0n) is 21.1. The lowest BCUT2D eigenvalue weighted by Gasteiger charge is -2.10. The number of nitro groups is 1. The number of nitro benzene ring substituents is 1. The second-order valence-corrected chi connectivity index (χ2v) is 7.65. The van der Waals surface area contributed by atoms with Crippen LogP contribution in [0, 0.1) is 10.1 Å². The molecule has 0 fully saturated rings. The van der Waals surface area contributed by atoms with Crippen molar-refractivity contribution >= 4 is 29.7 Å². The molecule has 3 rings (SSSR count). The molecule has 0 heterocycles. The number of benzene rings is 3. The van der Waals surface area contributed by atoms with Crippen LogP contribution in [-0.4, -0.2) is 56.8 Å². The van der Waals surface area contributed by atoms with Crippen molar-refractivity contribution in [3.05, 3.63) is 87.5 Å². The molecule has 0 saturated carbocycles. The summed E-state index contributed by atoms with van der Waals surface area (Å²) in [5.41, 5.74) is 3.05. The molecule has 0 spiro atoms. The van der Waals surface area contributed by atoms with E-state index in [1.807, 2.05) is 0 Å². The quantitative estimate of drug-likeness (QED) is 0.123. The minimum atomic E-state index is -0.730. The Bertz CT molecular complexity index is 1410. The van der Waals surface area contributed by atoms with Crippen LogP contribution < -0.4 is 29.7 Å². The van der Waals surface area contributed by atoms with Crippen molar-refractivity contribution in [2.24, 2.45) is 5.10 Å². The predicted octanol–water partition coefficient (Wildman–Crippen LogP) is 2.72. The third kappa shape index (κ3) is 7.52. The third-order valence-corrected chi connectivity index (χ3v) is 5.16. The molecule has 2 N–H and O–H groups in total. The Kier molecular flexibility index (Phi) is 9.51. The number of nitrogens with zero attached hydrogens (tertiary/aromatic N) is 2. The fraction of sp³-hybridized carbons (Fsp3) is 0.154. The Morgan fingerprint density at radius 2 is 1.46 bits per heavy atom. The van der Waals surface area contributed by atoms with E-state index < -0.39 is 22.7 Å². The smallest absolute Gasteiger partial charge is 0.343 e. The van der Waals surface area contributed by atoms with E-state index >= 15 is 0 Å². The molecule has 39 heavy (non-hydrogen) atoms. The number of amides is 2. The standard InChI is InChI=1S/C26H24N4O9/c1-36-20-11-7-18(13-23(20)38-3)25(32)27-15-24(31)29-28-14-16-4-10-21(22(12-16)37-2)39-26(33)17-5-8-19(9-6-17)30(34)35/h4-14H,15H2,1-3H3,(H,27,32)(H,29,31). The zero-order chi connectivity index (χ0) is 28.4. The van der Waals surface area contributed by atoms with Gasteiger partial charge in [-0.25, -0.2) is 10.2 Å². The summed E-state index contributed by atoms with van der Waals surface area (Å²) in [7, 11) is 4.30. The van der Waals surface area contributed by atoms with Crippen molar-refractivity contribution in [3.63, 3.8) is 0 Å². The molecule has 0 radical (unpaired) electrons. The highest BCUT2D eigenvalue weighted by Gasteiger charge is 2.15. The molecule has 0 aliphatic heterocycles. The maximum atomic E-state index is 12.4. The molecule has 13 nitrogen and oxygen atoms in total. The topological polar surface area (TPSA) is 168 Å². The fourth-order valence-corrected chi connectivity index (χ4v) is 3.19. The highest BCUT2D eigenvalue weighted by Crippen LogP contribution is 2.29. The zero-order valence-corrected chi connectivity index (χ0v) is 21.1. The minimum Gasteiger partial charge on any atom is -0.493 e. The predicted molar refractivity (Wildman–Crippen MR) is 139 cm³/mol. The van der Waals surface area contributed by atoms with E-state index in [2.05, 4.69) is 15.8 Å². The Hall–Kier alpha value is -5.46. The normalized spacial score (nSPS) is 10.4. The number of nitrogens with one attached hydrogen (secondary N) is 2. The number of hydrazone groups is 1. The molecule has 0 saturated heterocycles. The van der Waals surface area contributed by atoms with Crippen molar-refractivity contribution in [2.45, 2.75) is 0 Å². The number of esters is 1. The summed E-state index contributed by atoms with van der Waals surface area (Å²) in [6.07, 6.45) is 1.33. The average molecular weight is 536 g/mol. The van der Waals surface area contributed by atoms with Gasteiger partial charge in [-0.15, -0.1) is 0 Å². The maximum Gasteiger partial charge on any atom is 0.343 e. The maximum absolute atomic E-state index is 12.4. The van der Waals surface area contributed by atoms with E-state index in [9.17, 15) is 24.5 Å². The van der Waals surface area contributed by atoms with Crippen molar-refractivity contribution < 1.29 is 38.3 Å². The van der Waals surface area contributed by atoms with Crippen molar-refractivity contribution in [3.8, 4) is 23.0 Å². The molecule has 0 bridgehead atoms. The van der Waals surface area contributed by atoms with Gasteiger partial charge in [0.25, 0.3) is 17.5 Å². The second-order valence-electron chi connectivity index (χ2n) is 7.65. The number of carbonyl (C=O) groups is 3. The Labute approximate surface area is 222 Å². The van der Waals surface area contributed by atoms with Gasteiger partial charge >= 0.3 is 5.97 Å². The number of carbonyl (C=O) groups excluding carboxylic acids is 3. The largest absolute Gasteiger partial charge is 0.493 e. The Balaban J connectivity index is 1.54. The van der Waals surface area contributed by atoms with Crippen LogP contribution in [0.15, 0.2) is 65.8 Å². The first-order chi connectivity index (χ1) is 18.7. The van der Waals surface area contributed by atoms with Crippen LogP contribution in [-0.2, 0) is 4.79 Å². The molecule has 2 amide bonds. The summed E-state index contributed by atoms with van der Waals surface area (Å²) in [4.78, 5) is 47.0. The van der Waals surface area contributed by atoms with Gasteiger partial charge in [-0.05, 0) is 54.1 Å². The number of rotatable bonds is 11. The Morgan fingerprint density at radius 1 is 0.846 bits per heavy atom. The van der Waals surface area contributed by atoms with Gasteiger partial charge in [0.1, 0.15) is 0 Å². The molecule has 0 unspecified atom stereocenters. The van der Waals surface area contributed by atoms with E-state index in [4.69, 9.17) is 18.9 Å². The van der Waals surface area contributed by atoms with Crippen LogP contribution >= 0.6 is 0 Å². The van der Waals surface area contributed by atoms with E-state index in [0.29, 0.717) is 17.1 Å². The van der Waals surface area contributed by atoms with E-state index in [1.165, 1.54) is 76.1 Å². The third-order valence-electron chi connectivity index (χ3n) is 5.16. The first-order valence-electron chi connectivity index (χ1n) is 11.2. The van der Waals surface area contributed by atoms with Gasteiger partial charge in [-0.3, -0.25) is 19.7 Å². The van der Waals surface area contributed by atoms with Crippen LogP contribution in [0.5, 0.6) is 23.0 Å². The van der Waals surface area contributed by atoms with E-state index in [0.717, 1.165) is 0 Å². The number of ether oxygens (including phenoxy) is 4. The van der Waals surface area contributed by atoms with Crippen molar-refractivity contribution in [1.82, 2.24) is 10.7 Å². The molecule has 0 atom stereocenters. The van der Waals surface area contributed by atoms with Crippen LogP contribution in [0.25, 0.3) is 0 Å². The number of methoxy groups -OCH3 is 3. The molecule has 3 aromatic rings. The van der Waals surface area contributed by atoms with Crippen LogP contribution in [0.3, 0.4) is 0 Å². The summed E-state index contributed by atoms with van der Waals surface area (Å²) in [5.74, 6) is -0.621. The molecule has 0 aromatic heterocycles. The molecule has 0 aliphatic rings. The average Bonchev–Trinajstić information content (AvgIpc) is 2.96. The minimum absolute atomic E-state index is 0.111. The van der Waals surface area contributed by atoms with E-state index in [-0.39, 0.29) is 34.9 Å². The molecular formula is C26H24N4O9. The summed E-state index contributed by atoms with van der Waals surface area (Å²) >= 11 is 0. The number of non-ortho nitro benzene ring substituents is 1.